The van der Waals surface area contributed by atoms with Crippen LogP contribution in [0.5, 0.6) is 0 Å². The molecule has 0 saturated heterocycles. The van der Waals surface area contributed by atoms with Crippen LogP contribution in [0.2, 0.25) is 0 Å². The molecule has 23 heavy (non-hydrogen) atoms. The summed E-state index contributed by atoms with van der Waals surface area (Å²) in [6, 6.07) is 11.6. The molecule has 1 heterocycles. The molecule has 0 aliphatic rings. The van der Waals surface area contributed by atoms with E-state index >= 15 is 0 Å². The van der Waals surface area contributed by atoms with Crippen LogP contribution in [-0.2, 0) is 0 Å². The molecule has 0 amide bonds. The molecule has 0 aliphatic carbocycles. The number of hydrogen-bond donors (Lipinski definition) is 0. The standard InChI is InChI=1S/C15H8N2O6/c18-15-11(7-10-3-1-2-4-14(10)23-15)9-5-6-12(16(19)20)13(8-9)17(21)22/h1-8H. The Morgan fingerprint density at radius 1 is 0.870 bits per heavy atom. The molecule has 0 radical (unpaired) electrons. The zero-order valence-corrected chi connectivity index (χ0v) is 11.5. The summed E-state index contributed by atoms with van der Waals surface area (Å²) in [7, 11) is 0. The largest absolute Gasteiger partial charge is 0.422 e. The van der Waals surface area contributed by atoms with Gasteiger partial charge in [-0.1, -0.05) is 18.2 Å². The van der Waals surface area contributed by atoms with Gasteiger partial charge in [-0.2, -0.15) is 0 Å². The first kappa shape index (κ1) is 14.4. The van der Waals surface area contributed by atoms with Gasteiger partial charge in [0, 0.05) is 17.5 Å². The molecule has 2 aromatic carbocycles. The number of nitro groups is 2. The first-order chi connectivity index (χ1) is 11.0. The summed E-state index contributed by atoms with van der Waals surface area (Å²) in [6.07, 6.45) is 0. The van der Waals surface area contributed by atoms with Crippen LogP contribution in [0.4, 0.5) is 11.4 Å². The number of para-hydroxylation sites is 1. The third-order valence-corrected chi connectivity index (χ3v) is 3.32. The average Bonchev–Trinajstić information content (AvgIpc) is 2.53. The predicted molar refractivity (Wildman–Crippen MR) is 81.2 cm³/mol. The van der Waals surface area contributed by atoms with Crippen molar-refractivity contribution < 1.29 is 14.3 Å². The number of hydrogen-bond acceptors (Lipinski definition) is 6. The molecule has 8 heteroatoms. The van der Waals surface area contributed by atoms with Gasteiger partial charge in [-0.15, -0.1) is 0 Å². The minimum atomic E-state index is -0.857. The topological polar surface area (TPSA) is 116 Å². The van der Waals surface area contributed by atoms with E-state index in [1.54, 1.807) is 24.3 Å². The molecular formula is C15H8N2O6. The summed E-state index contributed by atoms with van der Waals surface area (Å²) in [5.74, 6) is 0. The highest BCUT2D eigenvalue weighted by Crippen LogP contribution is 2.31. The molecule has 0 saturated carbocycles. The van der Waals surface area contributed by atoms with Crippen molar-refractivity contribution in [2.45, 2.75) is 0 Å². The minimum Gasteiger partial charge on any atom is -0.422 e. The SMILES string of the molecule is O=c1oc2ccccc2cc1-c1ccc([N+](=O)[O-])c([N+](=O)[O-])c1. The van der Waals surface area contributed by atoms with Crippen LogP contribution < -0.4 is 5.63 Å². The molecule has 0 spiro atoms. The summed E-state index contributed by atoms with van der Waals surface area (Å²) in [6.45, 7) is 0. The highest BCUT2D eigenvalue weighted by molar-refractivity contribution is 5.82. The molecule has 3 aromatic rings. The van der Waals surface area contributed by atoms with Crippen LogP contribution in [0.15, 0.2) is 57.7 Å². The van der Waals surface area contributed by atoms with Gasteiger partial charge in [-0.3, -0.25) is 20.2 Å². The van der Waals surface area contributed by atoms with Crippen molar-refractivity contribution in [3.05, 3.63) is 79.2 Å². The summed E-state index contributed by atoms with van der Waals surface area (Å²) in [5.41, 5.74) is -1.32. The highest BCUT2D eigenvalue weighted by Gasteiger charge is 2.25. The first-order valence-corrected chi connectivity index (χ1v) is 6.43. The van der Waals surface area contributed by atoms with Gasteiger partial charge in [-0.25, -0.2) is 4.79 Å². The van der Waals surface area contributed by atoms with Gasteiger partial charge in [0.2, 0.25) is 0 Å². The van der Waals surface area contributed by atoms with E-state index in [1.165, 1.54) is 12.1 Å². The van der Waals surface area contributed by atoms with Crippen molar-refractivity contribution in [2.24, 2.45) is 0 Å². The van der Waals surface area contributed by atoms with Crippen LogP contribution >= 0.6 is 0 Å². The molecule has 0 fully saturated rings. The highest BCUT2D eigenvalue weighted by atomic mass is 16.6. The Balaban J connectivity index is 2.25. The first-order valence-electron chi connectivity index (χ1n) is 6.43. The molecule has 114 valence electrons. The summed E-state index contributed by atoms with van der Waals surface area (Å²) in [4.78, 5) is 32.2. The van der Waals surface area contributed by atoms with Crippen molar-refractivity contribution in [2.75, 3.05) is 0 Å². The quantitative estimate of drug-likeness (QED) is 0.416. The fourth-order valence-corrected chi connectivity index (χ4v) is 2.25. The van der Waals surface area contributed by atoms with E-state index in [4.69, 9.17) is 4.42 Å². The van der Waals surface area contributed by atoms with Gasteiger partial charge >= 0.3 is 17.0 Å². The van der Waals surface area contributed by atoms with Crippen molar-refractivity contribution in [3.63, 3.8) is 0 Å². The Morgan fingerprint density at radius 2 is 1.57 bits per heavy atom. The molecule has 0 N–H and O–H groups in total. The predicted octanol–water partition coefficient (Wildman–Crippen LogP) is 3.28. The molecule has 8 nitrogen and oxygen atoms in total. The van der Waals surface area contributed by atoms with Crippen molar-refractivity contribution in [3.8, 4) is 11.1 Å². The van der Waals surface area contributed by atoms with E-state index in [0.717, 1.165) is 12.1 Å². The molecular weight excluding hydrogens is 304 g/mol. The maximum Gasteiger partial charge on any atom is 0.346 e. The number of rotatable bonds is 3. The van der Waals surface area contributed by atoms with Crippen LogP contribution in [0.3, 0.4) is 0 Å². The van der Waals surface area contributed by atoms with Crippen molar-refractivity contribution >= 4 is 22.3 Å². The zero-order chi connectivity index (χ0) is 16.6. The molecule has 0 atom stereocenters. The number of nitrogens with zero attached hydrogens (tertiary/aromatic N) is 2. The van der Waals surface area contributed by atoms with Crippen LogP contribution in [-0.4, -0.2) is 9.85 Å². The lowest BCUT2D eigenvalue weighted by Gasteiger charge is -2.03. The number of nitro benzene ring substituents is 2. The fourth-order valence-electron chi connectivity index (χ4n) is 2.25. The second kappa shape index (κ2) is 5.34. The van der Waals surface area contributed by atoms with Gasteiger partial charge < -0.3 is 4.42 Å². The van der Waals surface area contributed by atoms with Crippen LogP contribution in [0, 0.1) is 20.2 Å². The molecule has 1 aromatic heterocycles. The van der Waals surface area contributed by atoms with E-state index in [0.29, 0.717) is 11.0 Å². The Bertz CT molecular complexity index is 1010. The van der Waals surface area contributed by atoms with E-state index < -0.39 is 26.8 Å². The number of benzene rings is 2. The molecule has 3 rings (SSSR count). The summed E-state index contributed by atoms with van der Waals surface area (Å²) in [5, 5.41) is 22.5. The van der Waals surface area contributed by atoms with Gasteiger partial charge in [0.1, 0.15) is 5.58 Å². The third kappa shape index (κ3) is 2.53. The van der Waals surface area contributed by atoms with Crippen LogP contribution in [0.1, 0.15) is 0 Å². The van der Waals surface area contributed by atoms with Crippen molar-refractivity contribution in [1.29, 1.82) is 0 Å². The Kier molecular flexibility index (Phi) is 3.34. The van der Waals surface area contributed by atoms with E-state index in [1.807, 2.05) is 0 Å². The van der Waals surface area contributed by atoms with E-state index in [9.17, 15) is 25.0 Å². The smallest absolute Gasteiger partial charge is 0.346 e. The monoisotopic (exact) mass is 312 g/mol. The van der Waals surface area contributed by atoms with Gasteiger partial charge in [0.25, 0.3) is 0 Å². The lowest BCUT2D eigenvalue weighted by Crippen LogP contribution is -2.03. The van der Waals surface area contributed by atoms with E-state index in [-0.39, 0.29) is 11.1 Å². The second-order valence-electron chi connectivity index (χ2n) is 4.70. The average molecular weight is 312 g/mol. The molecule has 0 unspecified atom stereocenters. The summed E-state index contributed by atoms with van der Waals surface area (Å²) >= 11 is 0. The van der Waals surface area contributed by atoms with E-state index in [2.05, 4.69) is 0 Å². The molecule has 0 aliphatic heterocycles. The third-order valence-electron chi connectivity index (χ3n) is 3.32. The Morgan fingerprint density at radius 3 is 2.26 bits per heavy atom. The van der Waals surface area contributed by atoms with Gasteiger partial charge in [0.05, 0.1) is 15.4 Å². The zero-order valence-electron chi connectivity index (χ0n) is 11.5. The van der Waals surface area contributed by atoms with Crippen LogP contribution in [0.25, 0.3) is 22.1 Å². The van der Waals surface area contributed by atoms with Gasteiger partial charge in [0.15, 0.2) is 0 Å². The second-order valence-corrected chi connectivity index (χ2v) is 4.70. The molecule has 0 bridgehead atoms. The summed E-state index contributed by atoms with van der Waals surface area (Å²) < 4.78 is 5.17. The minimum absolute atomic E-state index is 0.0988. The fraction of sp³-hybridized carbons (Fsp3) is 0. The number of fused-ring (bicyclic) bond motifs is 1. The van der Waals surface area contributed by atoms with Gasteiger partial charge in [-0.05, 0) is 23.8 Å². The maximum atomic E-state index is 12.1. The normalized spacial score (nSPS) is 10.6. The lowest BCUT2D eigenvalue weighted by molar-refractivity contribution is -0.422. The Labute approximate surface area is 127 Å². The lowest BCUT2D eigenvalue weighted by atomic mass is 10.0. The Hall–Kier alpha value is -3.55. The van der Waals surface area contributed by atoms with Crippen molar-refractivity contribution in [1.82, 2.24) is 0 Å². The maximum absolute atomic E-state index is 12.1.